The molecule has 1 saturated heterocycles. The predicted octanol–water partition coefficient (Wildman–Crippen LogP) is 4.32. The van der Waals surface area contributed by atoms with Crippen molar-refractivity contribution in [3.8, 4) is 34.0 Å². The van der Waals surface area contributed by atoms with Crippen molar-refractivity contribution in [2.24, 2.45) is 7.05 Å². The molecule has 9 nitrogen and oxygen atoms in total. The predicted molar refractivity (Wildman–Crippen MR) is 131 cm³/mol. The van der Waals surface area contributed by atoms with Crippen molar-refractivity contribution in [3.05, 3.63) is 55.0 Å². The zero-order chi connectivity index (χ0) is 24.4. The second kappa shape index (κ2) is 9.71. The van der Waals surface area contributed by atoms with Crippen LogP contribution in [0.2, 0.25) is 0 Å². The molecule has 35 heavy (non-hydrogen) atoms. The van der Waals surface area contributed by atoms with Crippen LogP contribution >= 0.6 is 0 Å². The van der Waals surface area contributed by atoms with Crippen LogP contribution < -0.4 is 9.47 Å². The Morgan fingerprint density at radius 3 is 2.74 bits per heavy atom. The molecular weight excluding hydrogens is 446 g/mol. The minimum atomic E-state index is -0.440. The Kier molecular flexibility index (Phi) is 6.33. The fourth-order valence-electron chi connectivity index (χ4n) is 4.24. The fraction of sp³-hybridized carbons (Fsp3) is 0.308. The molecule has 0 spiro atoms. The lowest BCUT2D eigenvalue weighted by Gasteiger charge is -2.30. The molecule has 0 radical (unpaired) electrons. The van der Waals surface area contributed by atoms with Crippen LogP contribution in [-0.4, -0.2) is 63.1 Å². The van der Waals surface area contributed by atoms with Gasteiger partial charge in [0.25, 0.3) is 0 Å². The molecule has 9 heteroatoms. The van der Waals surface area contributed by atoms with E-state index in [0.29, 0.717) is 49.0 Å². The summed E-state index contributed by atoms with van der Waals surface area (Å²) >= 11 is 0. The molecule has 1 fully saturated rings. The third-order valence-electron chi connectivity index (χ3n) is 5.83. The number of ether oxygens (including phenoxy) is 3. The molecular formula is C26H27N5O4. The van der Waals surface area contributed by atoms with Gasteiger partial charge in [0.15, 0.2) is 11.5 Å². The van der Waals surface area contributed by atoms with E-state index < -0.39 is 6.09 Å². The van der Waals surface area contributed by atoms with E-state index in [2.05, 4.69) is 15.1 Å². The molecule has 0 saturated carbocycles. The van der Waals surface area contributed by atoms with Gasteiger partial charge in [0.05, 0.1) is 37.1 Å². The molecule has 1 amide bonds. The highest BCUT2D eigenvalue weighted by Gasteiger charge is 2.25. The summed E-state index contributed by atoms with van der Waals surface area (Å²) in [4.78, 5) is 23.6. The summed E-state index contributed by atoms with van der Waals surface area (Å²) in [5.74, 6) is 0.776. The maximum absolute atomic E-state index is 13.0. The van der Waals surface area contributed by atoms with Gasteiger partial charge in [0.1, 0.15) is 12.0 Å². The Labute approximate surface area is 203 Å². The van der Waals surface area contributed by atoms with Crippen molar-refractivity contribution in [1.29, 1.82) is 0 Å². The van der Waals surface area contributed by atoms with E-state index in [1.54, 1.807) is 21.7 Å². The average Bonchev–Trinajstić information content (AvgIpc) is 3.26. The van der Waals surface area contributed by atoms with Gasteiger partial charge in [-0.05, 0) is 19.9 Å². The molecule has 0 bridgehead atoms. The second-order valence-corrected chi connectivity index (χ2v) is 8.40. The van der Waals surface area contributed by atoms with E-state index in [-0.39, 0.29) is 6.10 Å². The van der Waals surface area contributed by atoms with Crippen molar-refractivity contribution < 1.29 is 19.0 Å². The van der Waals surface area contributed by atoms with Gasteiger partial charge in [0.2, 0.25) is 0 Å². The van der Waals surface area contributed by atoms with Crippen molar-refractivity contribution in [2.45, 2.75) is 20.0 Å². The normalized spacial score (nSPS) is 15.9. The van der Waals surface area contributed by atoms with Crippen LogP contribution in [0.15, 0.2) is 55.0 Å². The van der Waals surface area contributed by atoms with E-state index in [1.165, 1.54) is 6.33 Å². The maximum atomic E-state index is 13.0. The van der Waals surface area contributed by atoms with E-state index in [0.717, 1.165) is 22.2 Å². The van der Waals surface area contributed by atoms with Gasteiger partial charge in [-0.2, -0.15) is 5.10 Å². The minimum Gasteiger partial charge on any atom is -0.490 e. The average molecular weight is 474 g/mol. The first-order valence-electron chi connectivity index (χ1n) is 11.6. The number of nitrogens with zero attached hydrogens (tertiary/aromatic N) is 5. The molecule has 1 atom stereocenters. The Morgan fingerprint density at radius 2 is 1.97 bits per heavy atom. The molecule has 0 N–H and O–H groups in total. The van der Waals surface area contributed by atoms with Gasteiger partial charge in [-0.3, -0.25) is 4.68 Å². The molecule has 3 heterocycles. The molecule has 1 aliphatic rings. The number of hydrogen-bond acceptors (Lipinski definition) is 7. The van der Waals surface area contributed by atoms with Crippen molar-refractivity contribution in [1.82, 2.24) is 24.6 Å². The van der Waals surface area contributed by atoms with E-state index >= 15 is 0 Å². The monoisotopic (exact) mass is 473 g/mol. The lowest BCUT2D eigenvalue weighted by atomic mass is 10.0. The highest BCUT2D eigenvalue weighted by molar-refractivity contribution is 5.97. The summed E-state index contributed by atoms with van der Waals surface area (Å²) in [5.41, 5.74) is 4.02. The number of morpholine rings is 1. The van der Waals surface area contributed by atoms with Crippen LogP contribution in [-0.2, 0) is 11.8 Å². The first-order chi connectivity index (χ1) is 17.0. The molecule has 180 valence electrons. The van der Waals surface area contributed by atoms with Gasteiger partial charge in [-0.1, -0.05) is 30.3 Å². The number of hydrogen-bond donors (Lipinski definition) is 0. The van der Waals surface area contributed by atoms with Gasteiger partial charge in [-0.25, -0.2) is 14.8 Å². The van der Waals surface area contributed by atoms with Gasteiger partial charge in [0, 0.05) is 42.4 Å². The standard InChI is InChI=1S/C26H27N5O4/c1-4-33-22-13-21-19(12-23(22)35-26(32)31-10-11-34-17(2)14-31)25(28-16-27-21)20-15-30(3)29-24(20)18-8-6-5-7-9-18/h5-9,12-13,15-17H,4,10-11,14H2,1-3H3/t17-/m1/s1. The molecule has 0 unspecified atom stereocenters. The van der Waals surface area contributed by atoms with Crippen LogP contribution in [0.3, 0.4) is 0 Å². The fourth-order valence-corrected chi connectivity index (χ4v) is 4.24. The smallest absolute Gasteiger partial charge is 0.415 e. The number of aromatic nitrogens is 4. The van der Waals surface area contributed by atoms with E-state index in [4.69, 9.17) is 14.2 Å². The first-order valence-corrected chi connectivity index (χ1v) is 11.6. The number of carbonyl (C=O) groups excluding carboxylic acids is 1. The van der Waals surface area contributed by atoms with Crippen molar-refractivity contribution >= 4 is 17.0 Å². The van der Waals surface area contributed by atoms with Gasteiger partial charge in [-0.15, -0.1) is 0 Å². The molecule has 2 aromatic carbocycles. The minimum absolute atomic E-state index is 0.0405. The Balaban J connectivity index is 1.59. The summed E-state index contributed by atoms with van der Waals surface area (Å²) in [6.07, 6.45) is 2.98. The first kappa shape index (κ1) is 22.8. The largest absolute Gasteiger partial charge is 0.490 e. The van der Waals surface area contributed by atoms with E-state index in [9.17, 15) is 4.79 Å². The second-order valence-electron chi connectivity index (χ2n) is 8.40. The summed E-state index contributed by atoms with van der Waals surface area (Å²) in [6.45, 7) is 5.67. The number of rotatable bonds is 5. The quantitative estimate of drug-likeness (QED) is 0.426. The topological polar surface area (TPSA) is 91.6 Å². The lowest BCUT2D eigenvalue weighted by Crippen LogP contribution is -2.45. The van der Waals surface area contributed by atoms with Crippen LogP contribution in [0.4, 0.5) is 4.79 Å². The van der Waals surface area contributed by atoms with Crippen LogP contribution in [0.5, 0.6) is 11.5 Å². The van der Waals surface area contributed by atoms with Crippen LogP contribution in [0.1, 0.15) is 13.8 Å². The zero-order valence-corrected chi connectivity index (χ0v) is 20.0. The van der Waals surface area contributed by atoms with Crippen molar-refractivity contribution in [2.75, 3.05) is 26.3 Å². The summed E-state index contributed by atoms with van der Waals surface area (Å²) in [6, 6.07) is 13.5. The third-order valence-corrected chi connectivity index (χ3v) is 5.83. The highest BCUT2D eigenvalue weighted by atomic mass is 16.6. The number of fused-ring (bicyclic) bond motifs is 1. The molecule has 5 rings (SSSR count). The maximum Gasteiger partial charge on any atom is 0.415 e. The SMILES string of the molecule is CCOc1cc2ncnc(-c3cn(C)nc3-c3ccccc3)c2cc1OC(=O)N1CCO[C@H](C)C1. The third kappa shape index (κ3) is 4.67. The van der Waals surface area contributed by atoms with Crippen molar-refractivity contribution in [3.63, 3.8) is 0 Å². The molecule has 2 aromatic heterocycles. The molecule has 4 aromatic rings. The van der Waals surface area contributed by atoms with E-state index in [1.807, 2.05) is 57.4 Å². The number of aryl methyl sites for hydroxylation is 1. The molecule has 1 aliphatic heterocycles. The Morgan fingerprint density at radius 1 is 1.14 bits per heavy atom. The number of benzene rings is 2. The Hall–Kier alpha value is -3.98. The summed E-state index contributed by atoms with van der Waals surface area (Å²) in [5, 5.41) is 5.41. The van der Waals surface area contributed by atoms with Gasteiger partial charge >= 0.3 is 6.09 Å². The number of carbonyl (C=O) groups is 1. The molecule has 0 aliphatic carbocycles. The summed E-state index contributed by atoms with van der Waals surface area (Å²) < 4.78 is 18.9. The van der Waals surface area contributed by atoms with Gasteiger partial charge < -0.3 is 19.1 Å². The lowest BCUT2D eigenvalue weighted by molar-refractivity contribution is -0.0106. The zero-order valence-electron chi connectivity index (χ0n) is 20.0. The summed E-state index contributed by atoms with van der Waals surface area (Å²) in [7, 11) is 1.88. The number of amides is 1. The Bertz CT molecular complexity index is 1350. The van der Waals surface area contributed by atoms with Crippen LogP contribution in [0, 0.1) is 0 Å². The van der Waals surface area contributed by atoms with Crippen LogP contribution in [0.25, 0.3) is 33.4 Å². The highest BCUT2D eigenvalue weighted by Crippen LogP contribution is 2.38.